The van der Waals surface area contributed by atoms with Gasteiger partial charge in [0.1, 0.15) is 12.4 Å². The molecule has 1 heterocycles. The fourth-order valence-corrected chi connectivity index (χ4v) is 3.11. The van der Waals surface area contributed by atoms with E-state index in [0.717, 1.165) is 50.6 Å². The first-order valence-corrected chi connectivity index (χ1v) is 8.69. The van der Waals surface area contributed by atoms with Crippen molar-refractivity contribution in [3.05, 3.63) is 54.6 Å². The van der Waals surface area contributed by atoms with E-state index in [9.17, 15) is 0 Å². The van der Waals surface area contributed by atoms with Gasteiger partial charge in [-0.05, 0) is 11.6 Å². The number of β-amino-alcohol motifs (C(OH)–C–C–N with tert-alkyl or cyclic N) is 1. The van der Waals surface area contributed by atoms with E-state index in [4.69, 9.17) is 9.84 Å². The molecule has 0 aromatic heterocycles. The lowest BCUT2D eigenvalue weighted by Gasteiger charge is -2.34. The largest absolute Gasteiger partial charge is 0.492 e. The minimum absolute atomic E-state index is 0. The Morgan fingerprint density at radius 1 is 0.800 bits per heavy atom. The first-order valence-electron chi connectivity index (χ1n) is 8.69. The van der Waals surface area contributed by atoms with Gasteiger partial charge in [0.05, 0.1) is 6.61 Å². The van der Waals surface area contributed by atoms with Crippen molar-refractivity contribution in [2.45, 2.75) is 0 Å². The maximum Gasteiger partial charge on any atom is 0.127 e. The van der Waals surface area contributed by atoms with Gasteiger partial charge in [0.15, 0.2) is 0 Å². The van der Waals surface area contributed by atoms with Crippen molar-refractivity contribution in [2.75, 3.05) is 52.5 Å². The number of nitrogens with zero attached hydrogens (tertiary/aromatic N) is 2. The number of hydrogen-bond donors (Lipinski definition) is 1. The van der Waals surface area contributed by atoms with Crippen LogP contribution in [0.2, 0.25) is 0 Å². The first-order chi connectivity index (χ1) is 11.9. The zero-order valence-electron chi connectivity index (χ0n) is 14.5. The Balaban J connectivity index is 0.00000225. The zero-order valence-corrected chi connectivity index (χ0v) is 15.3. The number of hydrogen-bond acceptors (Lipinski definition) is 4. The van der Waals surface area contributed by atoms with Gasteiger partial charge in [0.2, 0.25) is 0 Å². The van der Waals surface area contributed by atoms with Crippen LogP contribution in [0, 0.1) is 0 Å². The summed E-state index contributed by atoms with van der Waals surface area (Å²) in [7, 11) is 0. The predicted octanol–water partition coefficient (Wildman–Crippen LogP) is 2.76. The number of rotatable bonds is 7. The van der Waals surface area contributed by atoms with E-state index in [1.807, 2.05) is 18.2 Å². The Labute approximate surface area is 156 Å². The van der Waals surface area contributed by atoms with Crippen LogP contribution in [-0.2, 0) is 0 Å². The Bertz CT molecular complexity index is 616. The van der Waals surface area contributed by atoms with Gasteiger partial charge >= 0.3 is 0 Å². The molecule has 0 atom stereocenters. The summed E-state index contributed by atoms with van der Waals surface area (Å²) in [5.74, 6) is 0.947. The molecule has 4 nitrogen and oxygen atoms in total. The van der Waals surface area contributed by atoms with Gasteiger partial charge in [-0.25, -0.2) is 0 Å². The molecule has 2 aromatic carbocycles. The molecule has 0 amide bonds. The van der Waals surface area contributed by atoms with Gasteiger partial charge in [-0.2, -0.15) is 0 Å². The topological polar surface area (TPSA) is 35.9 Å². The van der Waals surface area contributed by atoms with Crippen LogP contribution < -0.4 is 4.74 Å². The minimum atomic E-state index is 0. The zero-order chi connectivity index (χ0) is 16.6. The van der Waals surface area contributed by atoms with Crippen LogP contribution in [0.15, 0.2) is 54.6 Å². The van der Waals surface area contributed by atoms with Crippen molar-refractivity contribution in [1.29, 1.82) is 0 Å². The number of ether oxygens (including phenoxy) is 1. The van der Waals surface area contributed by atoms with Crippen LogP contribution in [0.25, 0.3) is 11.1 Å². The van der Waals surface area contributed by atoms with Crippen molar-refractivity contribution in [2.24, 2.45) is 0 Å². The molecule has 1 aliphatic heterocycles. The molecule has 0 aliphatic carbocycles. The summed E-state index contributed by atoms with van der Waals surface area (Å²) in [6.07, 6.45) is 0. The molecule has 0 unspecified atom stereocenters. The third kappa shape index (κ3) is 5.72. The Kier molecular flexibility index (Phi) is 8.22. The molecule has 0 radical (unpaired) electrons. The van der Waals surface area contributed by atoms with E-state index in [0.29, 0.717) is 6.61 Å². The fourth-order valence-electron chi connectivity index (χ4n) is 3.11. The predicted molar refractivity (Wildman–Crippen MR) is 105 cm³/mol. The highest BCUT2D eigenvalue weighted by Gasteiger charge is 2.16. The summed E-state index contributed by atoms with van der Waals surface area (Å²) in [5, 5.41) is 9.00. The van der Waals surface area contributed by atoms with E-state index in [-0.39, 0.29) is 19.0 Å². The smallest absolute Gasteiger partial charge is 0.127 e. The summed E-state index contributed by atoms with van der Waals surface area (Å²) in [5.41, 5.74) is 2.33. The maximum atomic E-state index is 9.00. The van der Waals surface area contributed by atoms with Gasteiger partial charge in [0, 0.05) is 44.8 Å². The molecule has 25 heavy (non-hydrogen) atoms. The van der Waals surface area contributed by atoms with Crippen molar-refractivity contribution in [1.82, 2.24) is 9.80 Å². The van der Waals surface area contributed by atoms with Crippen LogP contribution in [0.4, 0.5) is 0 Å². The van der Waals surface area contributed by atoms with Crippen molar-refractivity contribution >= 4 is 12.4 Å². The van der Waals surface area contributed by atoms with E-state index in [2.05, 4.69) is 46.2 Å². The molecule has 0 saturated carbocycles. The minimum Gasteiger partial charge on any atom is -0.492 e. The molecule has 3 rings (SSSR count). The molecule has 0 bridgehead atoms. The van der Waals surface area contributed by atoms with Gasteiger partial charge in [0.25, 0.3) is 0 Å². The summed E-state index contributed by atoms with van der Waals surface area (Å²) < 4.78 is 6.07. The summed E-state index contributed by atoms with van der Waals surface area (Å²) in [6, 6.07) is 18.6. The molecule has 5 heteroatoms. The molecule has 0 spiro atoms. The SMILES string of the molecule is Cl.OCCN1CCN(CCOc2ccccc2-c2ccccc2)CC1. The van der Waals surface area contributed by atoms with Gasteiger partial charge in [-0.15, -0.1) is 12.4 Å². The number of halogens is 1. The molecule has 1 fully saturated rings. The van der Waals surface area contributed by atoms with Crippen LogP contribution in [0.1, 0.15) is 0 Å². The Morgan fingerprint density at radius 2 is 1.40 bits per heavy atom. The van der Waals surface area contributed by atoms with Gasteiger partial charge < -0.3 is 9.84 Å². The highest BCUT2D eigenvalue weighted by molar-refractivity contribution is 5.85. The van der Waals surface area contributed by atoms with E-state index in [1.165, 1.54) is 5.56 Å². The summed E-state index contributed by atoms with van der Waals surface area (Å²) in [6.45, 7) is 6.82. The Morgan fingerprint density at radius 3 is 2.08 bits per heavy atom. The van der Waals surface area contributed by atoms with Crippen LogP contribution >= 0.6 is 12.4 Å². The van der Waals surface area contributed by atoms with Crippen LogP contribution in [-0.4, -0.2) is 67.4 Å². The molecule has 2 aromatic rings. The maximum absolute atomic E-state index is 9.00. The van der Waals surface area contributed by atoms with Crippen molar-refractivity contribution in [3.8, 4) is 16.9 Å². The number of piperazine rings is 1. The van der Waals surface area contributed by atoms with Crippen molar-refractivity contribution < 1.29 is 9.84 Å². The number of aliphatic hydroxyl groups is 1. The Hall–Kier alpha value is -1.59. The number of para-hydroxylation sites is 1. The summed E-state index contributed by atoms with van der Waals surface area (Å²) in [4.78, 5) is 4.74. The standard InChI is InChI=1S/C20H26N2O2.ClH/c23-16-14-21-10-12-22(13-11-21)15-17-24-20-9-5-4-8-19(20)18-6-2-1-3-7-18;/h1-9,23H,10-17H2;1H. The van der Waals surface area contributed by atoms with Crippen LogP contribution in [0.5, 0.6) is 5.75 Å². The molecule has 1 aliphatic rings. The highest BCUT2D eigenvalue weighted by atomic mass is 35.5. The van der Waals surface area contributed by atoms with E-state index < -0.39 is 0 Å². The second kappa shape index (κ2) is 10.4. The lowest BCUT2D eigenvalue weighted by molar-refractivity contribution is 0.102. The quantitative estimate of drug-likeness (QED) is 0.821. The van der Waals surface area contributed by atoms with E-state index in [1.54, 1.807) is 0 Å². The first kappa shape index (κ1) is 19.7. The molecular weight excluding hydrogens is 336 g/mol. The number of aliphatic hydroxyl groups excluding tert-OH is 1. The molecular formula is C20H27ClN2O2. The van der Waals surface area contributed by atoms with Crippen LogP contribution in [0.3, 0.4) is 0 Å². The average molecular weight is 363 g/mol. The third-order valence-electron chi connectivity index (χ3n) is 4.52. The van der Waals surface area contributed by atoms with Gasteiger partial charge in [-0.3, -0.25) is 9.80 Å². The lowest BCUT2D eigenvalue weighted by atomic mass is 10.1. The van der Waals surface area contributed by atoms with Gasteiger partial charge in [-0.1, -0.05) is 48.5 Å². The second-order valence-electron chi connectivity index (χ2n) is 6.12. The third-order valence-corrected chi connectivity index (χ3v) is 4.52. The average Bonchev–Trinajstić information content (AvgIpc) is 2.65. The number of benzene rings is 2. The monoisotopic (exact) mass is 362 g/mol. The molecule has 1 saturated heterocycles. The lowest BCUT2D eigenvalue weighted by Crippen LogP contribution is -2.48. The van der Waals surface area contributed by atoms with Crippen molar-refractivity contribution in [3.63, 3.8) is 0 Å². The highest BCUT2D eigenvalue weighted by Crippen LogP contribution is 2.29. The molecule has 136 valence electrons. The fraction of sp³-hybridized carbons (Fsp3) is 0.400. The van der Waals surface area contributed by atoms with E-state index >= 15 is 0 Å². The second-order valence-corrected chi connectivity index (χ2v) is 6.12. The molecule has 1 N–H and O–H groups in total. The summed E-state index contributed by atoms with van der Waals surface area (Å²) >= 11 is 0. The normalized spacial score (nSPS) is 15.6.